The molecular weight excluding hydrogens is 307 g/mol. The van der Waals surface area contributed by atoms with Crippen LogP contribution in [0.2, 0.25) is 0 Å². The molecule has 4 aliphatic carbocycles. The van der Waals surface area contributed by atoms with E-state index in [9.17, 15) is 9.50 Å². The summed E-state index contributed by atoms with van der Waals surface area (Å²) < 4.78 is 15.1. The van der Waals surface area contributed by atoms with E-state index in [0.29, 0.717) is 5.56 Å². The van der Waals surface area contributed by atoms with Crippen LogP contribution in [-0.2, 0) is 5.60 Å². The molecule has 0 saturated heterocycles. The SMILES string of the molecule is OC1(c2cc(Br)ccc2F)C2CC3CC(C2)CC1C3. The van der Waals surface area contributed by atoms with Crippen LogP contribution in [0.25, 0.3) is 0 Å². The van der Waals surface area contributed by atoms with E-state index in [0.717, 1.165) is 42.0 Å². The first-order chi connectivity index (χ1) is 9.07. The van der Waals surface area contributed by atoms with Crippen molar-refractivity contribution in [3.05, 3.63) is 34.1 Å². The van der Waals surface area contributed by atoms with Gasteiger partial charge < -0.3 is 5.11 Å². The maximum absolute atomic E-state index is 14.2. The quantitative estimate of drug-likeness (QED) is 0.819. The molecule has 4 saturated carbocycles. The molecule has 0 radical (unpaired) electrons. The highest BCUT2D eigenvalue weighted by atomic mass is 79.9. The van der Waals surface area contributed by atoms with Crippen molar-refractivity contribution >= 4 is 15.9 Å². The largest absolute Gasteiger partial charge is 0.384 e. The Morgan fingerprint density at radius 3 is 2.21 bits per heavy atom. The van der Waals surface area contributed by atoms with Crippen molar-refractivity contribution in [1.29, 1.82) is 0 Å². The highest BCUT2D eigenvalue weighted by Crippen LogP contribution is 2.62. The fraction of sp³-hybridized carbons (Fsp3) is 0.625. The van der Waals surface area contributed by atoms with Gasteiger partial charge in [-0.1, -0.05) is 15.9 Å². The number of rotatable bonds is 1. The van der Waals surface area contributed by atoms with Gasteiger partial charge in [0, 0.05) is 10.0 Å². The smallest absolute Gasteiger partial charge is 0.129 e. The van der Waals surface area contributed by atoms with Gasteiger partial charge in [-0.25, -0.2) is 4.39 Å². The van der Waals surface area contributed by atoms with Gasteiger partial charge in [-0.2, -0.15) is 0 Å². The third-order valence-corrected chi connectivity index (χ3v) is 6.24. The van der Waals surface area contributed by atoms with Crippen molar-refractivity contribution in [2.24, 2.45) is 23.7 Å². The maximum atomic E-state index is 14.2. The molecule has 0 amide bonds. The van der Waals surface area contributed by atoms with Crippen molar-refractivity contribution in [2.75, 3.05) is 0 Å². The zero-order valence-corrected chi connectivity index (χ0v) is 12.4. The van der Waals surface area contributed by atoms with Gasteiger partial charge in [0.1, 0.15) is 5.82 Å². The average molecular weight is 325 g/mol. The summed E-state index contributed by atoms with van der Waals surface area (Å²) in [4.78, 5) is 0. The highest BCUT2D eigenvalue weighted by molar-refractivity contribution is 9.10. The normalized spacial score (nSPS) is 43.7. The standard InChI is InChI=1S/C16H18BrFO/c17-13-1-2-15(18)14(8-13)16(19)11-4-9-3-10(6-11)7-12(16)5-9/h1-2,8-12,19H,3-7H2. The lowest BCUT2D eigenvalue weighted by Crippen LogP contribution is -2.55. The Bertz CT molecular complexity index is 499. The minimum atomic E-state index is -0.929. The lowest BCUT2D eigenvalue weighted by Gasteiger charge is -2.59. The zero-order valence-electron chi connectivity index (χ0n) is 10.8. The van der Waals surface area contributed by atoms with E-state index in [4.69, 9.17) is 0 Å². The molecule has 0 unspecified atom stereocenters. The van der Waals surface area contributed by atoms with Crippen LogP contribution in [0, 0.1) is 29.5 Å². The second-order valence-corrected chi connectivity index (χ2v) is 7.67. The number of aliphatic hydroxyl groups is 1. The second-order valence-electron chi connectivity index (χ2n) is 6.75. The summed E-state index contributed by atoms with van der Waals surface area (Å²) in [5.41, 5.74) is -0.406. The molecule has 1 nitrogen and oxygen atoms in total. The molecule has 0 aromatic heterocycles. The minimum absolute atomic E-state index is 0.252. The fourth-order valence-corrected chi connectivity index (χ4v) is 5.51. The number of benzene rings is 1. The third-order valence-electron chi connectivity index (χ3n) is 5.74. The Kier molecular flexibility index (Phi) is 2.63. The number of hydrogen-bond acceptors (Lipinski definition) is 1. The molecule has 1 aromatic carbocycles. The first kappa shape index (κ1) is 12.3. The summed E-state index contributed by atoms with van der Waals surface area (Å²) in [6, 6.07) is 4.97. The van der Waals surface area contributed by atoms with Gasteiger partial charge in [-0.15, -0.1) is 0 Å². The molecule has 19 heavy (non-hydrogen) atoms. The molecule has 0 heterocycles. The molecule has 102 valence electrons. The molecule has 0 aliphatic heterocycles. The average Bonchev–Trinajstić information content (AvgIpc) is 2.38. The van der Waals surface area contributed by atoms with Crippen molar-refractivity contribution in [3.8, 4) is 0 Å². The van der Waals surface area contributed by atoms with Crippen LogP contribution in [-0.4, -0.2) is 5.11 Å². The number of halogens is 2. The summed E-state index contributed by atoms with van der Waals surface area (Å²) in [6.07, 6.45) is 5.65. The molecule has 5 rings (SSSR count). The Labute approximate surface area is 121 Å². The van der Waals surface area contributed by atoms with Gasteiger partial charge in [0.2, 0.25) is 0 Å². The van der Waals surface area contributed by atoms with E-state index < -0.39 is 5.60 Å². The molecule has 1 aromatic rings. The van der Waals surface area contributed by atoms with Crippen LogP contribution in [0.15, 0.2) is 22.7 Å². The molecule has 4 aliphatic rings. The lowest BCUT2D eigenvalue weighted by molar-refractivity contribution is -0.180. The number of hydrogen-bond donors (Lipinski definition) is 1. The van der Waals surface area contributed by atoms with Gasteiger partial charge >= 0.3 is 0 Å². The summed E-state index contributed by atoms with van der Waals surface area (Å²) >= 11 is 3.41. The Morgan fingerprint density at radius 1 is 1.05 bits per heavy atom. The zero-order chi connectivity index (χ0) is 13.2. The van der Waals surface area contributed by atoms with Gasteiger partial charge in [-0.05, 0) is 74.0 Å². The summed E-state index contributed by atoms with van der Waals surface area (Å²) in [6.45, 7) is 0. The first-order valence-corrected chi connectivity index (χ1v) is 8.04. The highest BCUT2D eigenvalue weighted by Gasteiger charge is 2.57. The predicted octanol–water partition coefficient (Wildman–Crippen LogP) is 4.23. The van der Waals surface area contributed by atoms with E-state index >= 15 is 0 Å². The van der Waals surface area contributed by atoms with E-state index in [1.54, 1.807) is 12.1 Å². The third kappa shape index (κ3) is 1.67. The summed E-state index contributed by atoms with van der Waals surface area (Å²) in [7, 11) is 0. The Hall–Kier alpha value is -0.410. The van der Waals surface area contributed by atoms with Crippen molar-refractivity contribution < 1.29 is 9.50 Å². The maximum Gasteiger partial charge on any atom is 0.129 e. The molecular formula is C16H18BrFO. The van der Waals surface area contributed by atoms with Gasteiger partial charge in [-0.3, -0.25) is 0 Å². The molecule has 3 heteroatoms. The van der Waals surface area contributed by atoms with Crippen LogP contribution >= 0.6 is 15.9 Å². The monoisotopic (exact) mass is 324 g/mol. The lowest BCUT2D eigenvalue weighted by atomic mass is 9.48. The topological polar surface area (TPSA) is 20.2 Å². The molecule has 4 bridgehead atoms. The van der Waals surface area contributed by atoms with Crippen LogP contribution in [0.1, 0.15) is 37.7 Å². The molecule has 1 N–H and O–H groups in total. The summed E-state index contributed by atoms with van der Waals surface area (Å²) in [5.74, 6) is 1.81. The van der Waals surface area contributed by atoms with Crippen LogP contribution in [0.3, 0.4) is 0 Å². The van der Waals surface area contributed by atoms with E-state index in [1.807, 2.05) is 0 Å². The van der Waals surface area contributed by atoms with E-state index in [-0.39, 0.29) is 17.7 Å². The van der Waals surface area contributed by atoms with Gasteiger partial charge in [0.15, 0.2) is 0 Å². The van der Waals surface area contributed by atoms with Crippen LogP contribution in [0.5, 0.6) is 0 Å². The Morgan fingerprint density at radius 2 is 1.63 bits per heavy atom. The van der Waals surface area contributed by atoms with E-state index in [2.05, 4.69) is 15.9 Å². The first-order valence-electron chi connectivity index (χ1n) is 7.25. The van der Waals surface area contributed by atoms with Crippen molar-refractivity contribution in [2.45, 2.75) is 37.7 Å². The molecule has 4 fully saturated rings. The van der Waals surface area contributed by atoms with Crippen LogP contribution < -0.4 is 0 Å². The minimum Gasteiger partial charge on any atom is -0.384 e. The van der Waals surface area contributed by atoms with Crippen LogP contribution in [0.4, 0.5) is 4.39 Å². The molecule has 0 spiro atoms. The summed E-state index contributed by atoms with van der Waals surface area (Å²) in [5, 5.41) is 11.3. The fourth-order valence-electron chi connectivity index (χ4n) is 5.15. The predicted molar refractivity (Wildman–Crippen MR) is 75.0 cm³/mol. The van der Waals surface area contributed by atoms with Crippen molar-refractivity contribution in [1.82, 2.24) is 0 Å². The molecule has 0 atom stereocenters. The van der Waals surface area contributed by atoms with E-state index in [1.165, 1.54) is 12.5 Å². The Balaban J connectivity index is 1.82. The van der Waals surface area contributed by atoms with Gasteiger partial charge in [0.05, 0.1) is 5.60 Å². The second kappa shape index (κ2) is 4.05. The van der Waals surface area contributed by atoms with Gasteiger partial charge in [0.25, 0.3) is 0 Å². The van der Waals surface area contributed by atoms with Crippen molar-refractivity contribution in [3.63, 3.8) is 0 Å².